The summed E-state index contributed by atoms with van der Waals surface area (Å²) in [5.74, 6) is 0.00961. The van der Waals surface area contributed by atoms with Crippen LogP contribution in [0.15, 0.2) is 18.2 Å². The minimum absolute atomic E-state index is 0.00961. The molecule has 122 valence electrons. The summed E-state index contributed by atoms with van der Waals surface area (Å²) in [5, 5.41) is 3.00. The van der Waals surface area contributed by atoms with Crippen LogP contribution in [0.3, 0.4) is 0 Å². The van der Waals surface area contributed by atoms with Crippen molar-refractivity contribution in [2.45, 2.75) is 13.3 Å². The SMILES string of the molecule is Cc1cc(C(=O)NCCCN2CCOCC2)ccc1N(C)C. The van der Waals surface area contributed by atoms with Crippen molar-refractivity contribution in [1.82, 2.24) is 10.2 Å². The first-order chi connectivity index (χ1) is 10.6. The second-order valence-corrected chi connectivity index (χ2v) is 5.96. The maximum Gasteiger partial charge on any atom is 0.251 e. The normalized spacial score (nSPS) is 15.6. The lowest BCUT2D eigenvalue weighted by molar-refractivity contribution is 0.0374. The molecule has 0 saturated carbocycles. The van der Waals surface area contributed by atoms with Crippen LogP contribution >= 0.6 is 0 Å². The van der Waals surface area contributed by atoms with Gasteiger partial charge in [0.05, 0.1) is 13.2 Å². The summed E-state index contributed by atoms with van der Waals surface area (Å²) in [6, 6.07) is 5.84. The van der Waals surface area contributed by atoms with Gasteiger partial charge in [0.1, 0.15) is 0 Å². The van der Waals surface area contributed by atoms with E-state index in [0.29, 0.717) is 6.54 Å². The van der Waals surface area contributed by atoms with Crippen LogP contribution in [-0.2, 0) is 4.74 Å². The molecule has 1 aromatic carbocycles. The van der Waals surface area contributed by atoms with Crippen LogP contribution in [0.5, 0.6) is 0 Å². The highest BCUT2D eigenvalue weighted by atomic mass is 16.5. The van der Waals surface area contributed by atoms with E-state index in [1.54, 1.807) is 0 Å². The van der Waals surface area contributed by atoms with Crippen molar-refractivity contribution in [1.29, 1.82) is 0 Å². The summed E-state index contributed by atoms with van der Waals surface area (Å²) < 4.78 is 5.32. The number of hydrogen-bond donors (Lipinski definition) is 1. The third-order valence-electron chi connectivity index (χ3n) is 3.98. The summed E-state index contributed by atoms with van der Waals surface area (Å²) in [5.41, 5.74) is 2.99. The Bertz CT molecular complexity index is 497. The Hall–Kier alpha value is -1.59. The highest BCUT2D eigenvalue weighted by Gasteiger charge is 2.11. The number of rotatable bonds is 6. The predicted octanol–water partition coefficient (Wildman–Crippen LogP) is 1.51. The quantitative estimate of drug-likeness (QED) is 0.809. The fraction of sp³-hybridized carbons (Fsp3) is 0.588. The number of anilines is 1. The molecular weight excluding hydrogens is 278 g/mol. The Morgan fingerprint density at radius 3 is 2.68 bits per heavy atom. The minimum Gasteiger partial charge on any atom is -0.379 e. The third kappa shape index (κ3) is 4.71. The van der Waals surface area contributed by atoms with E-state index in [0.717, 1.165) is 56.1 Å². The minimum atomic E-state index is 0.00961. The molecule has 22 heavy (non-hydrogen) atoms. The summed E-state index contributed by atoms with van der Waals surface area (Å²) in [4.78, 5) is 16.6. The molecule has 1 amide bonds. The van der Waals surface area contributed by atoms with Gasteiger partial charge < -0.3 is 15.0 Å². The molecule has 1 N–H and O–H groups in total. The molecule has 0 atom stereocenters. The Balaban J connectivity index is 1.76. The number of carbonyl (C=O) groups is 1. The van der Waals surface area contributed by atoms with E-state index < -0.39 is 0 Å². The number of carbonyl (C=O) groups excluding carboxylic acids is 1. The molecule has 1 aromatic rings. The van der Waals surface area contributed by atoms with E-state index in [1.165, 1.54) is 0 Å². The molecule has 0 bridgehead atoms. The van der Waals surface area contributed by atoms with E-state index in [2.05, 4.69) is 15.1 Å². The van der Waals surface area contributed by atoms with Crippen molar-refractivity contribution in [2.24, 2.45) is 0 Å². The predicted molar refractivity (Wildman–Crippen MR) is 89.7 cm³/mol. The van der Waals surface area contributed by atoms with Gasteiger partial charge in [-0.25, -0.2) is 0 Å². The zero-order valence-corrected chi connectivity index (χ0v) is 13.9. The van der Waals surface area contributed by atoms with Gasteiger partial charge in [0.15, 0.2) is 0 Å². The van der Waals surface area contributed by atoms with Crippen molar-refractivity contribution < 1.29 is 9.53 Å². The molecule has 1 aliphatic heterocycles. The Kier molecular flexibility index (Phi) is 6.21. The maximum absolute atomic E-state index is 12.2. The van der Waals surface area contributed by atoms with Crippen LogP contribution in [0.4, 0.5) is 5.69 Å². The van der Waals surface area contributed by atoms with Crippen LogP contribution in [-0.4, -0.2) is 64.3 Å². The summed E-state index contributed by atoms with van der Waals surface area (Å²) in [6.45, 7) is 7.41. The number of amides is 1. The topological polar surface area (TPSA) is 44.8 Å². The zero-order chi connectivity index (χ0) is 15.9. The van der Waals surface area contributed by atoms with Crippen molar-refractivity contribution >= 4 is 11.6 Å². The molecule has 0 spiro atoms. The van der Waals surface area contributed by atoms with Gasteiger partial charge in [0.25, 0.3) is 5.91 Å². The largest absolute Gasteiger partial charge is 0.379 e. The monoisotopic (exact) mass is 305 g/mol. The molecule has 0 unspecified atom stereocenters. The molecule has 2 rings (SSSR count). The van der Waals surface area contributed by atoms with Gasteiger partial charge in [-0.15, -0.1) is 0 Å². The summed E-state index contributed by atoms with van der Waals surface area (Å²) in [6.07, 6.45) is 0.973. The van der Waals surface area contributed by atoms with Gasteiger partial charge in [0, 0.05) is 45.0 Å². The van der Waals surface area contributed by atoms with Crippen molar-refractivity contribution in [3.63, 3.8) is 0 Å². The summed E-state index contributed by atoms with van der Waals surface area (Å²) >= 11 is 0. The van der Waals surface area contributed by atoms with Crippen molar-refractivity contribution in [3.05, 3.63) is 29.3 Å². The molecule has 0 aromatic heterocycles. The summed E-state index contributed by atoms with van der Waals surface area (Å²) in [7, 11) is 4.02. The van der Waals surface area contributed by atoms with Gasteiger partial charge in [-0.3, -0.25) is 9.69 Å². The Labute approximate surface area is 133 Å². The number of hydrogen-bond acceptors (Lipinski definition) is 4. The number of ether oxygens (including phenoxy) is 1. The highest BCUT2D eigenvalue weighted by molar-refractivity contribution is 5.94. The molecule has 0 radical (unpaired) electrons. The Morgan fingerprint density at radius 1 is 1.32 bits per heavy atom. The maximum atomic E-state index is 12.2. The fourth-order valence-electron chi connectivity index (χ4n) is 2.73. The van der Waals surface area contributed by atoms with Crippen LogP contribution in [0, 0.1) is 6.92 Å². The van der Waals surface area contributed by atoms with E-state index in [-0.39, 0.29) is 5.91 Å². The number of nitrogens with zero attached hydrogens (tertiary/aromatic N) is 2. The first-order valence-corrected chi connectivity index (χ1v) is 7.94. The van der Waals surface area contributed by atoms with Gasteiger partial charge in [-0.05, 0) is 43.7 Å². The number of nitrogens with one attached hydrogen (secondary N) is 1. The third-order valence-corrected chi connectivity index (χ3v) is 3.98. The molecule has 1 saturated heterocycles. The smallest absolute Gasteiger partial charge is 0.251 e. The van der Waals surface area contributed by atoms with Gasteiger partial charge in [-0.1, -0.05) is 0 Å². The molecule has 5 nitrogen and oxygen atoms in total. The molecule has 1 fully saturated rings. The average molecular weight is 305 g/mol. The van der Waals surface area contributed by atoms with E-state index in [9.17, 15) is 4.79 Å². The van der Waals surface area contributed by atoms with E-state index in [1.807, 2.05) is 39.2 Å². The number of benzene rings is 1. The van der Waals surface area contributed by atoms with Gasteiger partial charge in [0.2, 0.25) is 0 Å². The molecule has 1 aliphatic rings. The molecule has 5 heteroatoms. The first-order valence-electron chi connectivity index (χ1n) is 7.94. The average Bonchev–Trinajstić information content (AvgIpc) is 2.52. The lowest BCUT2D eigenvalue weighted by Crippen LogP contribution is -2.38. The Morgan fingerprint density at radius 2 is 2.05 bits per heavy atom. The number of aryl methyl sites for hydroxylation is 1. The van der Waals surface area contributed by atoms with Crippen LogP contribution in [0.2, 0.25) is 0 Å². The number of morpholine rings is 1. The zero-order valence-electron chi connectivity index (χ0n) is 13.9. The van der Waals surface area contributed by atoms with Crippen LogP contribution in [0.25, 0.3) is 0 Å². The highest BCUT2D eigenvalue weighted by Crippen LogP contribution is 2.18. The van der Waals surface area contributed by atoms with E-state index >= 15 is 0 Å². The van der Waals surface area contributed by atoms with E-state index in [4.69, 9.17) is 4.74 Å². The molecular formula is C17H27N3O2. The van der Waals surface area contributed by atoms with Gasteiger partial charge in [-0.2, -0.15) is 0 Å². The standard InChI is InChI=1S/C17H27N3O2/c1-14-13-15(5-6-16(14)19(2)3)17(21)18-7-4-8-20-9-11-22-12-10-20/h5-6,13H,4,7-12H2,1-3H3,(H,18,21). The lowest BCUT2D eigenvalue weighted by Gasteiger charge is -2.26. The second-order valence-electron chi connectivity index (χ2n) is 5.96. The van der Waals surface area contributed by atoms with Crippen molar-refractivity contribution in [3.8, 4) is 0 Å². The van der Waals surface area contributed by atoms with Crippen LogP contribution in [0.1, 0.15) is 22.3 Å². The first kappa shape index (κ1) is 16.8. The molecule has 1 heterocycles. The van der Waals surface area contributed by atoms with Crippen molar-refractivity contribution in [2.75, 3.05) is 58.4 Å². The molecule has 0 aliphatic carbocycles. The lowest BCUT2D eigenvalue weighted by atomic mass is 10.1. The van der Waals surface area contributed by atoms with Crippen LogP contribution < -0.4 is 10.2 Å². The second kappa shape index (κ2) is 8.15. The fourth-order valence-corrected chi connectivity index (χ4v) is 2.73. The van der Waals surface area contributed by atoms with Gasteiger partial charge >= 0.3 is 0 Å².